The molecule has 0 radical (unpaired) electrons. The molecule has 2 nitrogen and oxygen atoms in total. The van der Waals surface area contributed by atoms with Gasteiger partial charge in [-0.25, -0.2) is 0 Å². The van der Waals surface area contributed by atoms with Gasteiger partial charge in [-0.15, -0.1) is 11.6 Å². The summed E-state index contributed by atoms with van der Waals surface area (Å²) in [6.45, 7) is 7.00. The number of alkyl halides is 1. The van der Waals surface area contributed by atoms with Crippen LogP contribution in [0.5, 0.6) is 0 Å². The third-order valence-corrected chi connectivity index (χ3v) is 3.00. The zero-order valence-corrected chi connectivity index (χ0v) is 9.97. The summed E-state index contributed by atoms with van der Waals surface area (Å²) in [6.07, 6.45) is 2.00. The summed E-state index contributed by atoms with van der Waals surface area (Å²) in [4.78, 5) is 11.4. The zero-order chi connectivity index (χ0) is 10.7. The first-order valence-corrected chi connectivity index (χ1v) is 5.86. The summed E-state index contributed by atoms with van der Waals surface area (Å²) in [6, 6.07) is 0. The number of carbonyl (C=O) groups excluding carboxylic acids is 1. The van der Waals surface area contributed by atoms with Gasteiger partial charge in [-0.3, -0.25) is 4.79 Å². The van der Waals surface area contributed by atoms with Crippen LogP contribution in [-0.2, 0) is 4.79 Å². The van der Waals surface area contributed by atoms with E-state index in [1.165, 1.54) is 0 Å². The summed E-state index contributed by atoms with van der Waals surface area (Å²) >= 11 is 6.07. The Morgan fingerprint density at radius 3 is 2.57 bits per heavy atom. The van der Waals surface area contributed by atoms with Crippen LogP contribution in [0.2, 0.25) is 0 Å². The van der Waals surface area contributed by atoms with Crippen LogP contribution in [0.1, 0.15) is 33.6 Å². The van der Waals surface area contributed by atoms with Gasteiger partial charge >= 0.3 is 0 Å². The van der Waals surface area contributed by atoms with E-state index in [0.717, 1.165) is 12.8 Å². The van der Waals surface area contributed by atoms with Gasteiger partial charge in [-0.1, -0.05) is 20.8 Å². The Morgan fingerprint density at radius 2 is 2.14 bits per heavy atom. The molecule has 0 aliphatic heterocycles. The molecule has 0 saturated heterocycles. The van der Waals surface area contributed by atoms with Crippen molar-refractivity contribution >= 4 is 17.5 Å². The minimum absolute atomic E-state index is 0.0769. The van der Waals surface area contributed by atoms with Crippen molar-refractivity contribution in [3.63, 3.8) is 0 Å². The Balaban J connectivity index is 2.10. The third kappa shape index (κ3) is 3.87. The van der Waals surface area contributed by atoms with Gasteiger partial charge in [-0.2, -0.15) is 0 Å². The molecular weight excluding hydrogens is 198 g/mol. The fraction of sp³-hybridized carbons (Fsp3) is 0.909. The standard InChI is InChI=1S/C11H20ClNO/c1-7(2)4-9(12)6-13-11(14)10-5-8(10)3/h7-10H,4-6H2,1-3H3,(H,13,14). The highest BCUT2D eigenvalue weighted by atomic mass is 35.5. The van der Waals surface area contributed by atoms with Crippen molar-refractivity contribution in [3.8, 4) is 0 Å². The first-order chi connectivity index (χ1) is 6.50. The van der Waals surface area contributed by atoms with Crippen LogP contribution in [0.3, 0.4) is 0 Å². The number of hydrogen-bond acceptors (Lipinski definition) is 1. The number of rotatable bonds is 5. The summed E-state index contributed by atoms with van der Waals surface area (Å²) in [7, 11) is 0. The molecular formula is C11H20ClNO. The maximum Gasteiger partial charge on any atom is 0.223 e. The van der Waals surface area contributed by atoms with Gasteiger partial charge in [0.25, 0.3) is 0 Å². The molecule has 14 heavy (non-hydrogen) atoms. The Hall–Kier alpha value is -0.240. The van der Waals surface area contributed by atoms with Gasteiger partial charge in [0.05, 0.1) is 5.38 Å². The molecule has 1 rings (SSSR count). The fourth-order valence-electron chi connectivity index (χ4n) is 1.62. The summed E-state index contributed by atoms with van der Waals surface area (Å²) in [5.41, 5.74) is 0. The molecule has 1 aliphatic rings. The van der Waals surface area contributed by atoms with Crippen LogP contribution < -0.4 is 5.32 Å². The number of nitrogens with one attached hydrogen (secondary N) is 1. The lowest BCUT2D eigenvalue weighted by Crippen LogP contribution is -2.31. The van der Waals surface area contributed by atoms with E-state index in [0.29, 0.717) is 18.4 Å². The van der Waals surface area contributed by atoms with Gasteiger partial charge in [-0.05, 0) is 24.7 Å². The van der Waals surface area contributed by atoms with E-state index in [4.69, 9.17) is 11.6 Å². The van der Waals surface area contributed by atoms with Crippen molar-refractivity contribution in [2.45, 2.75) is 39.0 Å². The molecule has 3 atom stereocenters. The van der Waals surface area contributed by atoms with Gasteiger partial charge in [0, 0.05) is 12.5 Å². The second-order valence-electron chi connectivity index (χ2n) is 4.79. The summed E-state index contributed by atoms with van der Waals surface area (Å²) < 4.78 is 0. The Labute approximate surface area is 91.4 Å². The molecule has 1 fully saturated rings. The number of carbonyl (C=O) groups is 1. The van der Waals surface area contributed by atoms with E-state index in [1.54, 1.807) is 0 Å². The topological polar surface area (TPSA) is 29.1 Å². The maximum atomic E-state index is 11.4. The summed E-state index contributed by atoms with van der Waals surface area (Å²) in [5.74, 6) is 1.62. The Kier molecular flexibility index (Phi) is 4.24. The third-order valence-electron chi connectivity index (χ3n) is 2.67. The largest absolute Gasteiger partial charge is 0.354 e. The van der Waals surface area contributed by atoms with Crippen molar-refractivity contribution < 1.29 is 4.79 Å². The van der Waals surface area contributed by atoms with Crippen LogP contribution in [0, 0.1) is 17.8 Å². The molecule has 3 unspecified atom stereocenters. The van der Waals surface area contributed by atoms with Gasteiger partial charge in [0.2, 0.25) is 5.91 Å². The second-order valence-corrected chi connectivity index (χ2v) is 5.41. The molecule has 1 saturated carbocycles. The molecule has 0 heterocycles. The van der Waals surface area contributed by atoms with Crippen molar-refractivity contribution in [2.24, 2.45) is 17.8 Å². The first kappa shape index (κ1) is 11.8. The van der Waals surface area contributed by atoms with Crippen molar-refractivity contribution in [1.82, 2.24) is 5.32 Å². The molecule has 1 amide bonds. The molecule has 3 heteroatoms. The van der Waals surface area contributed by atoms with E-state index >= 15 is 0 Å². The van der Waals surface area contributed by atoms with Crippen molar-refractivity contribution in [2.75, 3.05) is 6.54 Å². The monoisotopic (exact) mass is 217 g/mol. The molecule has 0 bridgehead atoms. The summed E-state index contributed by atoms with van der Waals surface area (Å²) in [5, 5.41) is 2.99. The van der Waals surface area contributed by atoms with Crippen LogP contribution >= 0.6 is 11.6 Å². The molecule has 0 spiro atoms. The molecule has 82 valence electrons. The Bertz CT molecular complexity index is 205. The van der Waals surface area contributed by atoms with Gasteiger partial charge in [0.15, 0.2) is 0 Å². The molecule has 0 aromatic heterocycles. The zero-order valence-electron chi connectivity index (χ0n) is 9.22. The lowest BCUT2D eigenvalue weighted by atomic mass is 10.1. The number of hydrogen-bond donors (Lipinski definition) is 1. The lowest BCUT2D eigenvalue weighted by Gasteiger charge is -2.12. The number of amides is 1. The predicted molar refractivity (Wildman–Crippen MR) is 59.4 cm³/mol. The van der Waals surface area contributed by atoms with Crippen LogP contribution in [0.25, 0.3) is 0 Å². The smallest absolute Gasteiger partial charge is 0.223 e. The average Bonchev–Trinajstić information content (AvgIpc) is 2.77. The van der Waals surface area contributed by atoms with Crippen molar-refractivity contribution in [1.29, 1.82) is 0 Å². The van der Waals surface area contributed by atoms with E-state index in [9.17, 15) is 4.79 Å². The average molecular weight is 218 g/mol. The van der Waals surface area contributed by atoms with E-state index in [1.807, 2.05) is 0 Å². The maximum absolute atomic E-state index is 11.4. The van der Waals surface area contributed by atoms with Gasteiger partial charge in [0.1, 0.15) is 0 Å². The molecule has 0 aromatic rings. The van der Waals surface area contributed by atoms with Gasteiger partial charge < -0.3 is 5.32 Å². The van der Waals surface area contributed by atoms with Crippen LogP contribution in [0.15, 0.2) is 0 Å². The van der Waals surface area contributed by atoms with Crippen molar-refractivity contribution in [3.05, 3.63) is 0 Å². The highest BCUT2D eigenvalue weighted by Gasteiger charge is 2.38. The molecule has 1 N–H and O–H groups in total. The quantitative estimate of drug-likeness (QED) is 0.705. The van der Waals surface area contributed by atoms with E-state index < -0.39 is 0 Å². The minimum atomic E-state index is 0.0769. The fourth-order valence-corrected chi connectivity index (χ4v) is 2.06. The van der Waals surface area contributed by atoms with E-state index in [-0.39, 0.29) is 17.2 Å². The normalized spacial score (nSPS) is 27.5. The van der Waals surface area contributed by atoms with Crippen LogP contribution in [0.4, 0.5) is 0 Å². The highest BCUT2D eigenvalue weighted by Crippen LogP contribution is 2.37. The molecule has 0 aromatic carbocycles. The predicted octanol–water partition coefficient (Wildman–Crippen LogP) is 2.41. The van der Waals surface area contributed by atoms with Crippen LogP contribution in [-0.4, -0.2) is 17.8 Å². The Morgan fingerprint density at radius 1 is 1.57 bits per heavy atom. The minimum Gasteiger partial charge on any atom is -0.354 e. The second kappa shape index (κ2) is 5.01. The highest BCUT2D eigenvalue weighted by molar-refractivity contribution is 6.20. The lowest BCUT2D eigenvalue weighted by molar-refractivity contribution is -0.122. The van der Waals surface area contributed by atoms with E-state index in [2.05, 4.69) is 26.1 Å². The SMILES string of the molecule is CC(C)CC(Cl)CNC(=O)C1CC1C. The first-order valence-electron chi connectivity index (χ1n) is 5.42. The molecule has 1 aliphatic carbocycles. The number of halogens is 1.